The Morgan fingerprint density at radius 1 is 1.15 bits per heavy atom. The minimum Gasteiger partial charge on any atom is -1.00 e. The Hall–Kier alpha value is 0.196. The maximum atomic E-state index is 12.3. The molecule has 0 saturated heterocycles. The van der Waals surface area contributed by atoms with Gasteiger partial charge < -0.3 is 6.53 Å². The molecule has 4 rings (SSSR count). The third kappa shape index (κ3) is 4.60. The molecule has 3 aliphatic carbocycles. The van der Waals surface area contributed by atoms with Crippen LogP contribution in [0.3, 0.4) is 0 Å². The largest absolute Gasteiger partial charge is 1.00 e. The second-order valence-electron chi connectivity index (χ2n) is 7.66. The van der Waals surface area contributed by atoms with Gasteiger partial charge in [0, 0.05) is 11.8 Å². The van der Waals surface area contributed by atoms with Gasteiger partial charge in [-0.15, -0.1) is 0 Å². The Balaban J connectivity index is 0.000000468. The van der Waals surface area contributed by atoms with Crippen molar-refractivity contribution in [3.8, 4) is 5.75 Å². The van der Waals surface area contributed by atoms with Crippen molar-refractivity contribution in [2.75, 3.05) is 0 Å². The van der Waals surface area contributed by atoms with Gasteiger partial charge in [-0.1, -0.05) is 13.0 Å². The fraction of sp³-hybridized carbons (Fsp3) is 0.611. The molecule has 1 aromatic rings. The molecule has 0 aromatic heterocycles. The molecule has 26 heavy (non-hydrogen) atoms. The number of phenols is 1. The summed E-state index contributed by atoms with van der Waals surface area (Å²) in [6, 6.07) is 5.90. The first kappa shape index (κ1) is 22.5. The van der Waals surface area contributed by atoms with Crippen molar-refractivity contribution in [2.24, 2.45) is 17.3 Å². The molecule has 1 aromatic carbocycles. The fourth-order valence-electron chi connectivity index (χ4n) is 5.34. The molecule has 0 amide bonds. The molecule has 140 valence electrons. The van der Waals surface area contributed by atoms with E-state index in [0.29, 0.717) is 29.3 Å². The number of hydrogen-bond donors (Lipinski definition) is 3. The standard InChI is InChI=1S/C18H22O2.K.H2O4S.H/c1-18-9-8-14-13-5-3-12(19)10-11(13)2-4-15(14)16(18)6-7-17(18)20;;1-5(2,3)4;/h3,5,10,14-16,19H,2,4,6-9H2,1H3;;(H2,1,2,3,4);/q;+1;;-1/t14-,15-,16+,18+;;;/m1.../s1. The van der Waals surface area contributed by atoms with Crippen molar-refractivity contribution < 1.29 is 80.2 Å². The number of carbonyl (C=O) groups is 1. The topological polar surface area (TPSA) is 112 Å². The third-order valence-corrected chi connectivity index (χ3v) is 6.42. The van der Waals surface area contributed by atoms with Crippen LogP contribution in [0.5, 0.6) is 5.75 Å². The molecular weight excluding hydrogens is 383 g/mol. The van der Waals surface area contributed by atoms with Crippen LogP contribution in [0.15, 0.2) is 18.2 Å². The molecule has 8 heteroatoms. The third-order valence-electron chi connectivity index (χ3n) is 6.42. The first-order valence-corrected chi connectivity index (χ1v) is 10.0. The van der Waals surface area contributed by atoms with E-state index in [2.05, 4.69) is 13.0 Å². The molecule has 4 atom stereocenters. The molecule has 3 aliphatic rings. The van der Waals surface area contributed by atoms with Gasteiger partial charge >= 0.3 is 61.8 Å². The van der Waals surface area contributed by atoms with Gasteiger partial charge in [0.25, 0.3) is 0 Å². The summed E-state index contributed by atoms with van der Waals surface area (Å²) >= 11 is 0. The zero-order valence-electron chi connectivity index (χ0n) is 16.2. The molecule has 0 spiro atoms. The Morgan fingerprint density at radius 2 is 1.81 bits per heavy atom. The molecule has 6 nitrogen and oxygen atoms in total. The van der Waals surface area contributed by atoms with Crippen LogP contribution in [0.1, 0.15) is 57.5 Å². The Labute approximate surface area is 198 Å². The summed E-state index contributed by atoms with van der Waals surface area (Å²) in [7, 11) is -4.67. The van der Waals surface area contributed by atoms with Crippen molar-refractivity contribution in [1.29, 1.82) is 0 Å². The van der Waals surface area contributed by atoms with Crippen molar-refractivity contribution >= 4 is 16.2 Å². The number of aryl methyl sites for hydroxylation is 1. The average molecular weight is 409 g/mol. The predicted molar refractivity (Wildman–Crippen MR) is 93.0 cm³/mol. The average Bonchev–Trinajstić information content (AvgIpc) is 2.81. The van der Waals surface area contributed by atoms with E-state index < -0.39 is 10.4 Å². The molecule has 2 saturated carbocycles. The Bertz CT molecular complexity index is 791. The zero-order valence-corrected chi connectivity index (χ0v) is 19.1. The minimum absolute atomic E-state index is 0. The van der Waals surface area contributed by atoms with E-state index in [9.17, 15) is 9.90 Å². The summed E-state index contributed by atoms with van der Waals surface area (Å²) in [5, 5.41) is 9.67. The number of benzene rings is 1. The van der Waals surface area contributed by atoms with E-state index in [0.717, 1.165) is 32.1 Å². The number of rotatable bonds is 0. The number of Topliss-reactive ketones (excluding diaryl/α,β-unsaturated/α-hetero) is 1. The SMILES string of the molecule is C[C@]12CC[C@@H]3c4ccc(O)cc4CC[C@H]3[C@@H]1CCC2=O.O=S(=O)(O)O.[H-].[K+]. The van der Waals surface area contributed by atoms with Crippen LogP contribution in [0.4, 0.5) is 0 Å². The van der Waals surface area contributed by atoms with E-state index in [-0.39, 0.29) is 58.2 Å². The zero-order chi connectivity index (χ0) is 18.4. The number of phenolic OH excluding ortho intramolecular Hbond substituents is 1. The molecule has 0 radical (unpaired) electrons. The number of aromatic hydroxyl groups is 1. The summed E-state index contributed by atoms with van der Waals surface area (Å²) in [5.74, 6) is 2.78. The summed E-state index contributed by atoms with van der Waals surface area (Å²) in [6.07, 6.45) is 6.34. The Morgan fingerprint density at radius 3 is 2.46 bits per heavy atom. The van der Waals surface area contributed by atoms with Gasteiger partial charge in [-0.25, -0.2) is 0 Å². The van der Waals surface area contributed by atoms with E-state index in [1.165, 1.54) is 17.5 Å². The summed E-state index contributed by atoms with van der Waals surface area (Å²) in [6.45, 7) is 2.22. The van der Waals surface area contributed by atoms with Gasteiger partial charge in [0.2, 0.25) is 0 Å². The second kappa shape index (κ2) is 8.28. The van der Waals surface area contributed by atoms with Gasteiger partial charge in [-0.2, -0.15) is 8.42 Å². The molecule has 0 aliphatic heterocycles. The van der Waals surface area contributed by atoms with Crippen LogP contribution in [-0.2, 0) is 21.6 Å². The van der Waals surface area contributed by atoms with Crippen LogP contribution < -0.4 is 51.4 Å². The van der Waals surface area contributed by atoms with E-state index >= 15 is 0 Å². The van der Waals surface area contributed by atoms with Gasteiger partial charge in [0.1, 0.15) is 11.5 Å². The van der Waals surface area contributed by atoms with Gasteiger partial charge in [-0.3, -0.25) is 13.9 Å². The van der Waals surface area contributed by atoms with E-state index in [4.69, 9.17) is 17.5 Å². The van der Waals surface area contributed by atoms with Gasteiger partial charge in [-0.05, 0) is 73.1 Å². The quantitative estimate of drug-likeness (QED) is 0.420. The molecule has 2 fully saturated rings. The molecular formula is C18H25KO6S. The molecule has 0 bridgehead atoms. The van der Waals surface area contributed by atoms with Gasteiger partial charge in [0.15, 0.2) is 0 Å². The first-order chi connectivity index (χ1) is 11.6. The van der Waals surface area contributed by atoms with E-state index in [1.807, 2.05) is 12.1 Å². The second-order valence-corrected chi connectivity index (χ2v) is 8.56. The van der Waals surface area contributed by atoms with E-state index in [1.54, 1.807) is 0 Å². The maximum absolute atomic E-state index is 12.3. The number of ketones is 1. The minimum atomic E-state index is -4.67. The van der Waals surface area contributed by atoms with Crippen LogP contribution in [-0.4, -0.2) is 28.4 Å². The van der Waals surface area contributed by atoms with Crippen LogP contribution in [0.25, 0.3) is 0 Å². The van der Waals surface area contributed by atoms with Crippen molar-refractivity contribution in [1.82, 2.24) is 0 Å². The normalized spacial score (nSPS) is 32.3. The number of fused-ring (bicyclic) bond motifs is 5. The molecule has 0 unspecified atom stereocenters. The van der Waals surface area contributed by atoms with Gasteiger partial charge in [0.05, 0.1) is 0 Å². The van der Waals surface area contributed by atoms with Crippen LogP contribution in [0.2, 0.25) is 0 Å². The smallest absolute Gasteiger partial charge is 1.00 e. The van der Waals surface area contributed by atoms with Crippen molar-refractivity contribution in [3.63, 3.8) is 0 Å². The predicted octanol–water partition coefficient (Wildman–Crippen LogP) is 0.281. The monoisotopic (exact) mass is 408 g/mol. The fourth-order valence-corrected chi connectivity index (χ4v) is 5.34. The Kier molecular flexibility index (Phi) is 7.16. The molecule has 0 heterocycles. The van der Waals surface area contributed by atoms with Crippen LogP contribution in [0, 0.1) is 17.3 Å². The van der Waals surface area contributed by atoms with Crippen molar-refractivity contribution in [2.45, 2.75) is 51.4 Å². The van der Waals surface area contributed by atoms with Crippen molar-refractivity contribution in [3.05, 3.63) is 29.3 Å². The first-order valence-electron chi connectivity index (χ1n) is 8.64. The van der Waals surface area contributed by atoms with Crippen LogP contribution >= 0.6 is 0 Å². The summed E-state index contributed by atoms with van der Waals surface area (Å²) in [4.78, 5) is 12.3. The number of carbonyl (C=O) groups excluding carboxylic acids is 1. The summed E-state index contributed by atoms with van der Waals surface area (Å²) < 4.78 is 31.6. The summed E-state index contributed by atoms with van der Waals surface area (Å²) in [5.41, 5.74) is 2.75. The number of hydrogen-bond acceptors (Lipinski definition) is 4. The molecule has 3 N–H and O–H groups in total. The maximum Gasteiger partial charge on any atom is 1.00 e.